The topological polar surface area (TPSA) is 86.8 Å². The highest BCUT2D eigenvalue weighted by Crippen LogP contribution is 2.30. The number of nitrogens with one attached hydrogen (secondary N) is 1. The van der Waals surface area contributed by atoms with Crippen LogP contribution in [0.25, 0.3) is 0 Å². The van der Waals surface area contributed by atoms with Crippen LogP contribution in [0.2, 0.25) is 0 Å². The van der Waals surface area contributed by atoms with E-state index in [-0.39, 0.29) is 23.1 Å². The third-order valence-electron chi connectivity index (χ3n) is 5.81. The maximum Gasteiger partial charge on any atom is 0.243 e. The largest absolute Gasteiger partial charge is 0.326 e. The van der Waals surface area contributed by atoms with Crippen LogP contribution in [0.15, 0.2) is 47.4 Å². The van der Waals surface area contributed by atoms with Crippen molar-refractivity contribution in [3.05, 3.63) is 53.6 Å². The number of hydrogen-bond donors (Lipinski definition) is 1. The minimum atomic E-state index is -3.62. The number of aryl methyl sites for hydroxylation is 1. The minimum Gasteiger partial charge on any atom is -0.326 e. The van der Waals surface area contributed by atoms with Gasteiger partial charge in [-0.15, -0.1) is 0 Å². The third kappa shape index (κ3) is 4.65. The average molecular weight is 444 g/mol. The highest BCUT2D eigenvalue weighted by Gasteiger charge is 2.36. The Morgan fingerprint density at radius 2 is 1.81 bits per heavy atom. The molecule has 1 atom stereocenters. The van der Waals surface area contributed by atoms with Gasteiger partial charge in [-0.1, -0.05) is 32.0 Å². The number of carbonyl (C=O) groups excluding carboxylic acids is 2. The van der Waals surface area contributed by atoms with Crippen molar-refractivity contribution in [3.8, 4) is 0 Å². The van der Waals surface area contributed by atoms with Crippen molar-refractivity contribution in [1.82, 2.24) is 4.31 Å². The summed E-state index contributed by atoms with van der Waals surface area (Å²) in [7, 11) is -3.62. The van der Waals surface area contributed by atoms with Gasteiger partial charge in [-0.05, 0) is 49.2 Å². The Bertz CT molecular complexity index is 1090. The molecule has 0 radical (unpaired) electrons. The standard InChI is InChI=1S/C23H29N3O4S/c1-5-25(6-2)31(29,30)20-11-8-10-19(14-20)24-23(28)18-13-22(27)26(15-18)21-12-7-9-16(3)17(21)4/h7-12,14,18H,5-6,13,15H2,1-4H3,(H,24,28). The molecule has 1 saturated heterocycles. The molecule has 2 aromatic carbocycles. The van der Waals surface area contributed by atoms with E-state index in [4.69, 9.17) is 0 Å². The molecular formula is C23H29N3O4S. The molecule has 3 rings (SSSR count). The molecule has 0 spiro atoms. The molecule has 1 fully saturated rings. The van der Waals surface area contributed by atoms with Crippen molar-refractivity contribution < 1.29 is 18.0 Å². The van der Waals surface area contributed by atoms with Gasteiger partial charge in [0.25, 0.3) is 0 Å². The highest BCUT2D eigenvalue weighted by molar-refractivity contribution is 7.89. The molecule has 8 heteroatoms. The molecule has 1 heterocycles. The summed E-state index contributed by atoms with van der Waals surface area (Å²) in [5.41, 5.74) is 3.33. The fourth-order valence-electron chi connectivity index (χ4n) is 3.84. The Balaban J connectivity index is 1.76. The molecule has 2 aromatic rings. The van der Waals surface area contributed by atoms with Gasteiger partial charge in [0.2, 0.25) is 21.8 Å². The van der Waals surface area contributed by atoms with Crippen LogP contribution in [0.1, 0.15) is 31.4 Å². The Kier molecular flexibility index (Phi) is 6.81. The molecule has 7 nitrogen and oxygen atoms in total. The van der Waals surface area contributed by atoms with E-state index < -0.39 is 15.9 Å². The van der Waals surface area contributed by atoms with Gasteiger partial charge in [-0.3, -0.25) is 9.59 Å². The van der Waals surface area contributed by atoms with Crippen LogP contribution < -0.4 is 10.2 Å². The van der Waals surface area contributed by atoms with E-state index in [1.165, 1.54) is 16.4 Å². The van der Waals surface area contributed by atoms with Gasteiger partial charge < -0.3 is 10.2 Å². The van der Waals surface area contributed by atoms with Gasteiger partial charge in [-0.2, -0.15) is 4.31 Å². The van der Waals surface area contributed by atoms with Crippen molar-refractivity contribution in [2.75, 3.05) is 29.9 Å². The lowest BCUT2D eigenvalue weighted by atomic mass is 10.1. The Morgan fingerprint density at radius 3 is 2.48 bits per heavy atom. The first-order valence-corrected chi connectivity index (χ1v) is 11.9. The molecule has 31 heavy (non-hydrogen) atoms. The van der Waals surface area contributed by atoms with Crippen LogP contribution >= 0.6 is 0 Å². The summed E-state index contributed by atoms with van der Waals surface area (Å²) >= 11 is 0. The fourth-order valence-corrected chi connectivity index (χ4v) is 5.34. The molecule has 0 saturated carbocycles. The number of rotatable bonds is 7. The maximum atomic E-state index is 12.8. The van der Waals surface area contributed by atoms with E-state index in [2.05, 4.69) is 5.32 Å². The SMILES string of the molecule is CCN(CC)S(=O)(=O)c1cccc(NC(=O)C2CC(=O)N(c3cccc(C)c3C)C2)c1. The van der Waals surface area contributed by atoms with E-state index in [0.29, 0.717) is 25.3 Å². The van der Waals surface area contributed by atoms with Crippen molar-refractivity contribution in [1.29, 1.82) is 0 Å². The lowest BCUT2D eigenvalue weighted by Crippen LogP contribution is -2.31. The number of benzene rings is 2. The maximum absolute atomic E-state index is 12.8. The third-order valence-corrected chi connectivity index (χ3v) is 7.85. The predicted octanol–water partition coefficient (Wildman–Crippen LogP) is 3.33. The quantitative estimate of drug-likeness (QED) is 0.711. The summed E-state index contributed by atoms with van der Waals surface area (Å²) in [6.07, 6.45) is 0.122. The number of sulfonamides is 1. The monoisotopic (exact) mass is 443 g/mol. The second kappa shape index (κ2) is 9.20. The van der Waals surface area contributed by atoms with Crippen LogP contribution in [0.3, 0.4) is 0 Å². The molecule has 166 valence electrons. The normalized spacial score (nSPS) is 16.7. The van der Waals surface area contributed by atoms with Crippen LogP contribution in [0.5, 0.6) is 0 Å². The minimum absolute atomic E-state index is 0.0910. The van der Waals surface area contributed by atoms with Crippen molar-refractivity contribution >= 4 is 33.2 Å². The van der Waals surface area contributed by atoms with Gasteiger partial charge in [0, 0.05) is 37.4 Å². The van der Waals surface area contributed by atoms with Crippen LogP contribution in [-0.4, -0.2) is 44.2 Å². The van der Waals surface area contributed by atoms with Crippen LogP contribution in [-0.2, 0) is 19.6 Å². The van der Waals surface area contributed by atoms with Crippen molar-refractivity contribution in [2.24, 2.45) is 5.92 Å². The first-order chi connectivity index (χ1) is 14.7. The smallest absolute Gasteiger partial charge is 0.243 e. The van der Waals surface area contributed by atoms with Gasteiger partial charge in [0.05, 0.1) is 10.8 Å². The number of nitrogens with zero attached hydrogens (tertiary/aromatic N) is 2. The summed E-state index contributed by atoms with van der Waals surface area (Å²) < 4.78 is 26.9. The first kappa shape index (κ1) is 23.0. The second-order valence-electron chi connectivity index (χ2n) is 7.73. The fraction of sp³-hybridized carbons (Fsp3) is 0.391. The van der Waals surface area contributed by atoms with E-state index in [9.17, 15) is 18.0 Å². The molecule has 1 aliphatic heterocycles. The Morgan fingerprint density at radius 1 is 1.13 bits per heavy atom. The van der Waals surface area contributed by atoms with Gasteiger partial charge in [-0.25, -0.2) is 8.42 Å². The van der Waals surface area contributed by atoms with E-state index in [1.807, 2.05) is 32.0 Å². The van der Waals surface area contributed by atoms with E-state index in [1.54, 1.807) is 30.9 Å². The molecule has 0 aliphatic carbocycles. The molecule has 2 amide bonds. The zero-order valence-corrected chi connectivity index (χ0v) is 19.2. The molecular weight excluding hydrogens is 414 g/mol. The van der Waals surface area contributed by atoms with Gasteiger partial charge in [0.15, 0.2) is 0 Å². The van der Waals surface area contributed by atoms with Gasteiger partial charge >= 0.3 is 0 Å². The highest BCUT2D eigenvalue weighted by atomic mass is 32.2. The van der Waals surface area contributed by atoms with Crippen LogP contribution in [0.4, 0.5) is 11.4 Å². The van der Waals surface area contributed by atoms with Crippen molar-refractivity contribution in [3.63, 3.8) is 0 Å². The van der Waals surface area contributed by atoms with Crippen LogP contribution in [0, 0.1) is 19.8 Å². The number of carbonyl (C=O) groups is 2. The number of anilines is 2. The van der Waals surface area contributed by atoms with Gasteiger partial charge in [0.1, 0.15) is 0 Å². The Hall–Kier alpha value is -2.71. The average Bonchev–Trinajstić information content (AvgIpc) is 3.12. The zero-order valence-electron chi connectivity index (χ0n) is 18.4. The van der Waals surface area contributed by atoms with E-state index in [0.717, 1.165) is 16.8 Å². The summed E-state index contributed by atoms with van der Waals surface area (Å²) in [6.45, 7) is 8.56. The molecule has 1 N–H and O–H groups in total. The molecule has 1 aliphatic rings. The number of hydrogen-bond acceptors (Lipinski definition) is 4. The summed E-state index contributed by atoms with van der Waals surface area (Å²) in [6, 6.07) is 12.0. The lowest BCUT2D eigenvalue weighted by Gasteiger charge is -2.20. The summed E-state index contributed by atoms with van der Waals surface area (Å²) in [5.74, 6) is -0.888. The molecule has 1 unspecified atom stereocenters. The zero-order chi connectivity index (χ0) is 22.8. The second-order valence-corrected chi connectivity index (χ2v) is 9.67. The summed E-state index contributed by atoms with van der Waals surface area (Å²) in [5, 5.41) is 2.79. The Labute approximate surface area is 184 Å². The molecule has 0 aromatic heterocycles. The van der Waals surface area contributed by atoms with E-state index >= 15 is 0 Å². The predicted molar refractivity (Wildman–Crippen MR) is 122 cm³/mol. The molecule has 0 bridgehead atoms. The first-order valence-electron chi connectivity index (χ1n) is 10.5. The number of amides is 2. The lowest BCUT2D eigenvalue weighted by molar-refractivity contribution is -0.122. The van der Waals surface area contributed by atoms with Crippen molar-refractivity contribution in [2.45, 2.75) is 39.0 Å². The summed E-state index contributed by atoms with van der Waals surface area (Å²) in [4.78, 5) is 27.2.